The predicted molar refractivity (Wildman–Crippen MR) is 334 cm³/mol. The van der Waals surface area contributed by atoms with Crippen LogP contribution in [0.15, 0.2) is 12.2 Å². The Balaban J connectivity index is 4.38. The van der Waals surface area contributed by atoms with E-state index >= 15 is 9.59 Å². The van der Waals surface area contributed by atoms with E-state index in [1.807, 2.05) is 41.5 Å². The van der Waals surface area contributed by atoms with Crippen LogP contribution in [-0.4, -0.2) is 234 Å². The Kier molecular flexibility index (Phi) is 31.5. The summed E-state index contributed by atoms with van der Waals surface area (Å²) >= 11 is 0. The van der Waals surface area contributed by atoms with E-state index < -0.39 is 161 Å². The molecule has 0 unspecified atom stereocenters. The van der Waals surface area contributed by atoms with Crippen molar-refractivity contribution in [3.05, 3.63) is 12.2 Å². The number of Topliss-reactive ketones (excluding diaryl/α,β-unsaturated/α-hetero) is 1. The molecule has 0 aliphatic carbocycles. The second-order valence-corrected chi connectivity index (χ2v) is 26.4. The zero-order chi connectivity index (χ0) is 67.6. The van der Waals surface area contributed by atoms with Crippen LogP contribution >= 0.6 is 0 Å². The Labute approximate surface area is 519 Å². The van der Waals surface area contributed by atoms with E-state index in [0.29, 0.717) is 0 Å². The average Bonchev–Trinajstić information content (AvgIpc) is 1.91. The molecule has 1 fully saturated rings. The quantitative estimate of drug-likeness (QED) is 0.128. The third kappa shape index (κ3) is 22.0. The average molecular weight is 1230 g/mol. The van der Waals surface area contributed by atoms with Crippen molar-refractivity contribution in [2.75, 3.05) is 63.0 Å². The molecule has 87 heavy (non-hydrogen) atoms. The van der Waals surface area contributed by atoms with Gasteiger partial charge < -0.3 is 60.3 Å². The second-order valence-electron chi connectivity index (χ2n) is 26.4. The first-order chi connectivity index (χ1) is 40.1. The van der Waals surface area contributed by atoms with Gasteiger partial charge >= 0.3 is 0 Å². The van der Waals surface area contributed by atoms with Crippen molar-refractivity contribution in [2.45, 2.75) is 222 Å². The number of amides is 11. The first-order valence-corrected chi connectivity index (χ1v) is 30.8. The number of carbonyl (C=O) groups is 12. The van der Waals surface area contributed by atoms with Crippen LogP contribution in [0.25, 0.3) is 0 Å². The van der Waals surface area contributed by atoms with Gasteiger partial charge in [0, 0.05) is 68.8 Å². The molecule has 0 aromatic carbocycles. The normalized spacial score (nSPS) is 26.3. The van der Waals surface area contributed by atoms with Gasteiger partial charge in [0.15, 0.2) is 11.8 Å². The minimum absolute atomic E-state index is 0.0260. The van der Waals surface area contributed by atoms with Crippen molar-refractivity contribution in [1.82, 2.24) is 55.6 Å². The van der Waals surface area contributed by atoms with Gasteiger partial charge in [0.05, 0.1) is 12.1 Å². The van der Waals surface area contributed by atoms with Crippen LogP contribution in [0.3, 0.4) is 0 Å². The van der Waals surface area contributed by atoms with Crippen molar-refractivity contribution in [3.63, 3.8) is 0 Å². The largest absolute Gasteiger partial charge is 0.379 e. The Bertz CT molecular complexity index is 2450. The molecular formula is C63H111N11O13. The van der Waals surface area contributed by atoms with Crippen molar-refractivity contribution >= 4 is 70.8 Å². The SMILES string of the molecule is C/C=C/C[C@@H](C)C(=O)[C@H]1C(=O)N[C@@H](CC)C(=O)N(C)CC(=O)N(C)[C@@H](CC(C)(C)OC)C(=O)N[C@@H](C(C)C)C(=O)N(C)[C@@H](CC(C)C)C(=O)N[C@@H](C)C(=O)N[C@H](C)C(=O)N(C)[C@@H](CC(C)C)C(=O)N(C)[C@@H](CC(C)C)C(=O)N(C)[C@@H](C(C)C)C(=O)N1C. The summed E-state index contributed by atoms with van der Waals surface area (Å²) in [5, 5.41) is 10.9. The Morgan fingerprint density at radius 3 is 1.46 bits per heavy atom. The Morgan fingerprint density at radius 2 is 1.00 bits per heavy atom. The highest BCUT2D eigenvalue weighted by atomic mass is 16.5. The summed E-state index contributed by atoms with van der Waals surface area (Å²) in [5.41, 5.74) is -1.02. The van der Waals surface area contributed by atoms with Gasteiger partial charge in [0.2, 0.25) is 59.1 Å². The number of allylic oxidation sites excluding steroid dienone is 2. The molecule has 0 aromatic heterocycles. The molecule has 1 aliphatic rings. The number of hydrogen-bond donors (Lipinski definition) is 4. The van der Waals surface area contributed by atoms with Crippen LogP contribution in [0.4, 0.5) is 0 Å². The molecule has 24 nitrogen and oxygen atoms in total. The molecule has 0 saturated carbocycles. The highest BCUT2D eigenvalue weighted by Crippen LogP contribution is 2.25. The zero-order valence-electron chi connectivity index (χ0n) is 57.3. The van der Waals surface area contributed by atoms with Gasteiger partial charge in [-0.15, -0.1) is 0 Å². The van der Waals surface area contributed by atoms with E-state index in [4.69, 9.17) is 4.74 Å². The Morgan fingerprint density at radius 1 is 0.540 bits per heavy atom. The summed E-state index contributed by atoms with van der Waals surface area (Å²) in [5.74, 6) is -11.1. The number of nitrogens with one attached hydrogen (secondary N) is 4. The van der Waals surface area contributed by atoms with Crippen molar-refractivity contribution < 1.29 is 62.3 Å². The molecule has 24 heteroatoms. The molecule has 4 N–H and O–H groups in total. The molecule has 0 spiro atoms. The summed E-state index contributed by atoms with van der Waals surface area (Å²) in [7, 11) is 11.1. The lowest BCUT2D eigenvalue weighted by Crippen LogP contribution is -2.63. The fourth-order valence-electron chi connectivity index (χ4n) is 10.6. The van der Waals surface area contributed by atoms with Gasteiger partial charge in [-0.1, -0.05) is 95.2 Å². The second kappa shape index (κ2) is 34.9. The van der Waals surface area contributed by atoms with Crippen LogP contribution in [0, 0.1) is 35.5 Å². The minimum Gasteiger partial charge on any atom is -0.379 e. The maximum atomic E-state index is 15.1. The highest BCUT2D eigenvalue weighted by Gasteiger charge is 2.46. The summed E-state index contributed by atoms with van der Waals surface area (Å²) in [6.07, 6.45) is 3.98. The first-order valence-electron chi connectivity index (χ1n) is 30.8. The number of likely N-dealkylation sites (N-methyl/N-ethyl adjacent to an activating group) is 7. The molecule has 1 rings (SSSR count). The molecule has 0 aromatic rings. The van der Waals surface area contributed by atoms with Gasteiger partial charge in [0.1, 0.15) is 54.4 Å². The van der Waals surface area contributed by atoms with Crippen LogP contribution < -0.4 is 21.3 Å². The molecule has 0 radical (unpaired) electrons. The molecule has 1 heterocycles. The highest BCUT2D eigenvalue weighted by molar-refractivity contribution is 6.10. The van der Waals surface area contributed by atoms with E-state index in [-0.39, 0.29) is 56.3 Å². The summed E-state index contributed by atoms with van der Waals surface area (Å²) in [6.45, 7) is 28.6. The lowest BCUT2D eigenvalue weighted by Gasteiger charge is -2.40. The lowest BCUT2D eigenvalue weighted by molar-refractivity contribution is -0.157. The molecular weight excluding hydrogens is 1120 g/mol. The van der Waals surface area contributed by atoms with E-state index in [1.165, 1.54) is 89.9 Å². The van der Waals surface area contributed by atoms with E-state index in [1.54, 1.807) is 74.5 Å². The van der Waals surface area contributed by atoms with Crippen LogP contribution in [0.5, 0.6) is 0 Å². The fourth-order valence-corrected chi connectivity index (χ4v) is 10.6. The molecule has 1 saturated heterocycles. The first kappa shape index (κ1) is 78.6. The van der Waals surface area contributed by atoms with Crippen molar-refractivity contribution in [2.24, 2.45) is 35.5 Å². The van der Waals surface area contributed by atoms with E-state index in [9.17, 15) is 47.9 Å². The van der Waals surface area contributed by atoms with Crippen LogP contribution in [-0.2, 0) is 62.3 Å². The van der Waals surface area contributed by atoms with E-state index in [0.717, 1.165) is 14.7 Å². The zero-order valence-corrected chi connectivity index (χ0v) is 57.3. The van der Waals surface area contributed by atoms with Gasteiger partial charge in [0.25, 0.3) is 5.91 Å². The maximum absolute atomic E-state index is 15.1. The third-order valence-corrected chi connectivity index (χ3v) is 16.4. The molecule has 0 bridgehead atoms. The number of carbonyl (C=O) groups excluding carboxylic acids is 12. The number of ether oxygens (including phenoxy) is 1. The van der Waals surface area contributed by atoms with Gasteiger partial charge in [-0.3, -0.25) is 57.5 Å². The predicted octanol–water partition coefficient (Wildman–Crippen LogP) is 3.25. The number of methoxy groups -OCH3 is 1. The molecule has 496 valence electrons. The number of hydrogen-bond acceptors (Lipinski definition) is 13. The minimum atomic E-state index is -1.82. The third-order valence-electron chi connectivity index (χ3n) is 16.4. The lowest BCUT2D eigenvalue weighted by atomic mass is 9.92. The van der Waals surface area contributed by atoms with Crippen LogP contribution in [0.1, 0.15) is 156 Å². The maximum Gasteiger partial charge on any atom is 0.251 e. The van der Waals surface area contributed by atoms with Gasteiger partial charge in [-0.05, 0) is 96.3 Å². The Hall–Kier alpha value is -6.46. The summed E-state index contributed by atoms with van der Waals surface area (Å²) < 4.78 is 5.70. The summed E-state index contributed by atoms with van der Waals surface area (Å²) in [4.78, 5) is 183. The number of rotatable bonds is 16. The number of ketones is 1. The monoisotopic (exact) mass is 1230 g/mol. The van der Waals surface area contributed by atoms with Crippen molar-refractivity contribution in [3.8, 4) is 0 Å². The number of nitrogens with zero attached hydrogens (tertiary/aromatic N) is 7. The van der Waals surface area contributed by atoms with Gasteiger partial charge in [-0.2, -0.15) is 0 Å². The van der Waals surface area contributed by atoms with E-state index in [2.05, 4.69) is 21.3 Å². The molecule has 1 aliphatic heterocycles. The van der Waals surface area contributed by atoms with Gasteiger partial charge in [-0.25, -0.2) is 0 Å². The smallest absolute Gasteiger partial charge is 0.251 e. The molecule has 11 amide bonds. The molecule has 11 atom stereocenters. The summed E-state index contributed by atoms with van der Waals surface area (Å²) in [6, 6.07) is -13.0. The standard InChI is InChI=1S/C63H111N11O13/c1-26-28-29-40(13)52(76)51-56(80)66-43(27-2)58(82)68(18)34-48(75)69(19)47(33-63(16,17)87-25)55(79)67-49(38(9)10)61(85)70(20)44(30-35(3)4)54(78)64-41(14)53(77)65-42(15)57(81)71(21)45(31-36(5)6)59(83)72(22)46(32-37(7)8)60(84)73(23)50(39(11)12)62(86)74(51)24/h26,28,35-47,49-51H,27,29-34H2,1-25H3,(H,64,78)(H,65,77)(H,66,80)(H,67,79)/b28-26+/t40-,41+,42-,43+,44+,45+,46+,47+,49+,50+,51+/m1/s1. The fraction of sp³-hybridized carbons (Fsp3) is 0.778. The van der Waals surface area contributed by atoms with Crippen molar-refractivity contribution in [1.29, 1.82) is 0 Å². The van der Waals surface area contributed by atoms with Crippen LogP contribution in [0.2, 0.25) is 0 Å². The topological polar surface area (TPSA) is 285 Å².